The van der Waals surface area contributed by atoms with E-state index in [2.05, 4.69) is 17.2 Å². The van der Waals surface area contributed by atoms with Gasteiger partial charge in [-0.25, -0.2) is 9.37 Å². The van der Waals surface area contributed by atoms with Gasteiger partial charge in [0.15, 0.2) is 5.16 Å². The van der Waals surface area contributed by atoms with Crippen molar-refractivity contribution < 1.29 is 9.18 Å². The van der Waals surface area contributed by atoms with Crippen LogP contribution in [0.1, 0.15) is 54.1 Å². The monoisotopic (exact) mass is 488 g/mol. The first-order valence-corrected chi connectivity index (χ1v) is 13.1. The molecular formula is C28H29FN4OS. The molecule has 1 amide bonds. The molecule has 0 unspecified atom stereocenters. The second-order valence-corrected chi connectivity index (χ2v) is 10.2. The van der Waals surface area contributed by atoms with Gasteiger partial charge in [-0.3, -0.25) is 9.78 Å². The fraction of sp³-hybridized carbons (Fsp3) is 0.321. The maximum Gasteiger partial charge on any atom is 0.251 e. The molecule has 2 aromatic heterocycles. The minimum atomic E-state index is -0.231. The summed E-state index contributed by atoms with van der Waals surface area (Å²) in [4.78, 5) is 21.7. The van der Waals surface area contributed by atoms with Crippen molar-refractivity contribution in [2.75, 3.05) is 0 Å². The van der Waals surface area contributed by atoms with Crippen molar-refractivity contribution >= 4 is 28.7 Å². The maximum absolute atomic E-state index is 14.3. The third kappa shape index (κ3) is 5.40. The SMILES string of the molecule is C[C@H]1CCCC[C@@H]1NC(=O)c1ccc(CSc2nc3ccncc3n2Cc2ccccc2F)cc1. The first kappa shape index (κ1) is 23.5. The highest BCUT2D eigenvalue weighted by atomic mass is 32.2. The van der Waals surface area contributed by atoms with Gasteiger partial charge < -0.3 is 9.88 Å². The first-order valence-electron chi connectivity index (χ1n) is 12.1. The number of carbonyl (C=O) groups excluding carboxylic acids is 1. The number of carbonyl (C=O) groups is 1. The van der Waals surface area contributed by atoms with Gasteiger partial charge in [0.2, 0.25) is 0 Å². The van der Waals surface area contributed by atoms with Crippen LogP contribution in [0, 0.1) is 11.7 Å². The summed E-state index contributed by atoms with van der Waals surface area (Å²) < 4.78 is 16.4. The van der Waals surface area contributed by atoms with Gasteiger partial charge in [0.25, 0.3) is 5.91 Å². The highest BCUT2D eigenvalue weighted by Gasteiger charge is 2.23. The van der Waals surface area contributed by atoms with Crippen molar-refractivity contribution in [2.24, 2.45) is 5.92 Å². The van der Waals surface area contributed by atoms with E-state index in [0.29, 0.717) is 29.3 Å². The number of benzene rings is 2. The van der Waals surface area contributed by atoms with Gasteiger partial charge in [0.1, 0.15) is 5.82 Å². The van der Waals surface area contributed by atoms with E-state index in [4.69, 9.17) is 4.98 Å². The molecule has 0 bridgehead atoms. The zero-order chi connectivity index (χ0) is 24.2. The molecule has 1 fully saturated rings. The quantitative estimate of drug-likeness (QED) is 0.314. The minimum Gasteiger partial charge on any atom is -0.349 e. The molecule has 5 nitrogen and oxygen atoms in total. The number of amides is 1. The molecule has 1 aliphatic rings. The van der Waals surface area contributed by atoms with E-state index in [0.717, 1.165) is 28.2 Å². The third-order valence-corrected chi connectivity index (χ3v) is 7.86. The molecular weight excluding hydrogens is 459 g/mol. The summed E-state index contributed by atoms with van der Waals surface area (Å²) in [6.45, 7) is 2.61. The zero-order valence-corrected chi connectivity index (χ0v) is 20.6. The summed E-state index contributed by atoms with van der Waals surface area (Å²) in [5.41, 5.74) is 4.11. The summed E-state index contributed by atoms with van der Waals surface area (Å²) in [5.74, 6) is 0.991. The standard InChI is InChI=1S/C28H29FN4OS/c1-19-6-2-5-9-24(19)31-27(34)21-12-10-20(11-13-21)18-35-28-32-25-14-15-30-16-26(25)33(28)17-22-7-3-4-8-23(22)29/h3-4,7-8,10-16,19,24H,2,5-6,9,17-18H2,1H3,(H,31,34)/t19-,24-/m0/s1. The number of fused-ring (bicyclic) bond motifs is 1. The number of thioether (sulfide) groups is 1. The lowest BCUT2D eigenvalue weighted by molar-refractivity contribution is 0.0910. The molecule has 7 heteroatoms. The van der Waals surface area contributed by atoms with Gasteiger partial charge >= 0.3 is 0 Å². The fourth-order valence-corrected chi connectivity index (χ4v) is 5.66. The number of nitrogens with one attached hydrogen (secondary N) is 1. The topological polar surface area (TPSA) is 59.8 Å². The Morgan fingerprint density at radius 2 is 1.91 bits per heavy atom. The van der Waals surface area contributed by atoms with Crippen LogP contribution in [0.4, 0.5) is 4.39 Å². The van der Waals surface area contributed by atoms with Crippen molar-refractivity contribution in [3.05, 3.63) is 89.5 Å². The Labute approximate surface area is 209 Å². The molecule has 0 aliphatic heterocycles. The van der Waals surface area contributed by atoms with E-state index >= 15 is 0 Å². The molecule has 1 saturated carbocycles. The van der Waals surface area contributed by atoms with E-state index in [1.165, 1.54) is 25.3 Å². The predicted molar refractivity (Wildman–Crippen MR) is 138 cm³/mol. The molecule has 1 aliphatic carbocycles. The van der Waals surface area contributed by atoms with Crippen molar-refractivity contribution in [3.8, 4) is 0 Å². The Morgan fingerprint density at radius 3 is 2.71 bits per heavy atom. The van der Waals surface area contributed by atoms with Crippen LogP contribution in [-0.4, -0.2) is 26.5 Å². The van der Waals surface area contributed by atoms with Crippen molar-refractivity contribution in [3.63, 3.8) is 0 Å². The zero-order valence-electron chi connectivity index (χ0n) is 19.8. The lowest BCUT2D eigenvalue weighted by Crippen LogP contribution is -2.41. The van der Waals surface area contributed by atoms with E-state index in [-0.39, 0.29) is 17.8 Å². The molecule has 2 heterocycles. The van der Waals surface area contributed by atoms with Crippen LogP contribution in [-0.2, 0) is 12.3 Å². The van der Waals surface area contributed by atoms with Crippen molar-refractivity contribution in [1.82, 2.24) is 19.9 Å². The largest absolute Gasteiger partial charge is 0.349 e. The highest BCUT2D eigenvalue weighted by molar-refractivity contribution is 7.98. The summed E-state index contributed by atoms with van der Waals surface area (Å²) in [6, 6.07) is 16.7. The Balaban J connectivity index is 1.29. The van der Waals surface area contributed by atoms with Gasteiger partial charge in [-0.15, -0.1) is 0 Å². The predicted octanol–water partition coefficient (Wildman–Crippen LogP) is 6.22. The van der Waals surface area contributed by atoms with Crippen LogP contribution in [0.5, 0.6) is 0 Å². The van der Waals surface area contributed by atoms with Crippen LogP contribution in [0.3, 0.4) is 0 Å². The summed E-state index contributed by atoms with van der Waals surface area (Å²) in [7, 11) is 0. The van der Waals surface area contributed by atoms with E-state index in [1.807, 2.05) is 41.0 Å². The molecule has 0 saturated heterocycles. The second kappa shape index (κ2) is 10.6. The Hall–Kier alpha value is -3.19. The number of imidazole rings is 1. The molecule has 2 atom stereocenters. The normalized spacial score (nSPS) is 18.0. The molecule has 5 rings (SSSR count). The van der Waals surface area contributed by atoms with E-state index in [9.17, 15) is 9.18 Å². The summed E-state index contributed by atoms with van der Waals surface area (Å²) >= 11 is 1.60. The Morgan fingerprint density at radius 1 is 1.11 bits per heavy atom. The van der Waals surface area contributed by atoms with E-state index in [1.54, 1.807) is 36.3 Å². The number of pyridine rings is 1. The number of rotatable bonds is 7. The Kier molecular flexibility index (Phi) is 7.13. The number of hydrogen-bond acceptors (Lipinski definition) is 4. The van der Waals surface area contributed by atoms with Crippen LogP contribution in [0.15, 0.2) is 72.1 Å². The number of halogens is 1. The van der Waals surface area contributed by atoms with Gasteiger partial charge in [-0.05, 0) is 48.6 Å². The molecule has 2 aromatic carbocycles. The van der Waals surface area contributed by atoms with Gasteiger partial charge in [0.05, 0.1) is 23.8 Å². The minimum absolute atomic E-state index is 0.00198. The van der Waals surface area contributed by atoms with Crippen molar-refractivity contribution in [1.29, 1.82) is 0 Å². The lowest BCUT2D eigenvalue weighted by atomic mass is 9.86. The molecule has 0 radical (unpaired) electrons. The molecule has 0 spiro atoms. The third-order valence-electron chi connectivity index (χ3n) is 6.81. The molecule has 4 aromatic rings. The highest BCUT2D eigenvalue weighted by Crippen LogP contribution is 2.28. The summed E-state index contributed by atoms with van der Waals surface area (Å²) in [6.07, 6.45) is 8.17. The van der Waals surface area contributed by atoms with Crippen LogP contribution < -0.4 is 5.32 Å². The Bertz CT molecular complexity index is 1320. The van der Waals surface area contributed by atoms with Crippen molar-refractivity contribution in [2.45, 2.75) is 56.1 Å². The average Bonchev–Trinajstić information content (AvgIpc) is 3.23. The molecule has 1 N–H and O–H groups in total. The summed E-state index contributed by atoms with van der Waals surface area (Å²) in [5, 5.41) is 4.03. The first-order chi connectivity index (χ1) is 17.1. The molecule has 180 valence electrons. The van der Waals surface area contributed by atoms with Gasteiger partial charge in [-0.1, -0.05) is 61.9 Å². The second-order valence-electron chi connectivity index (χ2n) is 9.26. The van der Waals surface area contributed by atoms with Crippen LogP contribution >= 0.6 is 11.8 Å². The van der Waals surface area contributed by atoms with Gasteiger partial charge in [-0.2, -0.15) is 0 Å². The van der Waals surface area contributed by atoms with E-state index < -0.39 is 0 Å². The lowest BCUT2D eigenvalue weighted by Gasteiger charge is -2.29. The molecule has 35 heavy (non-hydrogen) atoms. The number of aromatic nitrogens is 3. The number of nitrogens with zero attached hydrogens (tertiary/aromatic N) is 3. The average molecular weight is 489 g/mol. The number of hydrogen-bond donors (Lipinski definition) is 1. The smallest absolute Gasteiger partial charge is 0.251 e. The maximum atomic E-state index is 14.3. The van der Waals surface area contributed by atoms with Gasteiger partial charge in [0, 0.05) is 29.1 Å². The fourth-order valence-electron chi connectivity index (χ4n) is 4.69. The van der Waals surface area contributed by atoms with Crippen LogP contribution in [0.2, 0.25) is 0 Å². The van der Waals surface area contributed by atoms with Crippen LogP contribution in [0.25, 0.3) is 11.0 Å².